The molecule has 0 bridgehead atoms. The third-order valence-corrected chi connectivity index (χ3v) is 3.50. The molecule has 0 N–H and O–H groups in total. The maximum Gasteiger partial charge on any atom is 0.336 e. The molecule has 1 atom stereocenters. The summed E-state index contributed by atoms with van der Waals surface area (Å²) >= 11 is 0. The summed E-state index contributed by atoms with van der Waals surface area (Å²) in [5.74, 6) is 0.688. The number of benzene rings is 2. The molecule has 2 aromatic carbocycles. The normalized spacial score (nSPS) is 12.3. The first-order valence-corrected chi connectivity index (χ1v) is 6.89. The van der Waals surface area contributed by atoms with Gasteiger partial charge >= 0.3 is 5.63 Å². The lowest BCUT2D eigenvalue weighted by Gasteiger charge is -2.15. The van der Waals surface area contributed by atoms with E-state index in [-0.39, 0.29) is 11.7 Å². The molecule has 1 heterocycles. The van der Waals surface area contributed by atoms with Crippen molar-refractivity contribution in [2.75, 3.05) is 0 Å². The van der Waals surface area contributed by atoms with E-state index < -0.39 is 0 Å². The Hall–Kier alpha value is -2.55. The lowest BCUT2D eigenvalue weighted by atomic mass is 10.1. The second-order valence-electron chi connectivity index (χ2n) is 5.08. The minimum atomic E-state index is -0.340. The Morgan fingerprint density at radius 2 is 1.81 bits per heavy atom. The maximum absolute atomic E-state index is 11.5. The molecular formula is C18H16O3. The fourth-order valence-electron chi connectivity index (χ4n) is 2.37. The number of rotatable bonds is 3. The van der Waals surface area contributed by atoms with Crippen molar-refractivity contribution in [1.29, 1.82) is 0 Å². The zero-order chi connectivity index (χ0) is 14.8. The fraction of sp³-hybridized carbons (Fsp3) is 0.167. The van der Waals surface area contributed by atoms with E-state index in [9.17, 15) is 4.79 Å². The second-order valence-corrected chi connectivity index (χ2v) is 5.08. The van der Waals surface area contributed by atoms with Gasteiger partial charge in [0.25, 0.3) is 0 Å². The third-order valence-electron chi connectivity index (χ3n) is 3.50. The molecule has 21 heavy (non-hydrogen) atoms. The summed E-state index contributed by atoms with van der Waals surface area (Å²) in [5.41, 5.74) is 2.22. The molecule has 0 spiro atoms. The van der Waals surface area contributed by atoms with E-state index in [1.807, 2.05) is 56.3 Å². The van der Waals surface area contributed by atoms with Crippen molar-refractivity contribution in [2.45, 2.75) is 20.0 Å². The molecule has 0 radical (unpaired) electrons. The van der Waals surface area contributed by atoms with Gasteiger partial charge in [-0.1, -0.05) is 30.3 Å². The van der Waals surface area contributed by atoms with Crippen molar-refractivity contribution in [3.8, 4) is 5.75 Å². The second kappa shape index (κ2) is 5.44. The first-order chi connectivity index (χ1) is 10.1. The Kier molecular flexibility index (Phi) is 3.48. The topological polar surface area (TPSA) is 39.4 Å². The Labute approximate surface area is 122 Å². The largest absolute Gasteiger partial charge is 0.486 e. The summed E-state index contributed by atoms with van der Waals surface area (Å²) in [6.07, 6.45) is -0.0693. The lowest BCUT2D eigenvalue weighted by molar-refractivity contribution is 0.227. The van der Waals surface area contributed by atoms with Gasteiger partial charge in [-0.05, 0) is 37.1 Å². The van der Waals surface area contributed by atoms with Crippen molar-refractivity contribution < 1.29 is 9.15 Å². The van der Waals surface area contributed by atoms with Gasteiger partial charge < -0.3 is 9.15 Å². The Morgan fingerprint density at radius 1 is 1.05 bits per heavy atom. The van der Waals surface area contributed by atoms with Crippen LogP contribution in [0.2, 0.25) is 0 Å². The summed E-state index contributed by atoms with van der Waals surface area (Å²) in [6.45, 7) is 3.89. The van der Waals surface area contributed by atoms with Gasteiger partial charge in [-0.3, -0.25) is 0 Å². The highest BCUT2D eigenvalue weighted by Crippen LogP contribution is 2.26. The third kappa shape index (κ3) is 2.82. The minimum absolute atomic E-state index is 0.0693. The highest BCUT2D eigenvalue weighted by molar-refractivity contribution is 5.81. The number of ether oxygens (including phenoxy) is 1. The molecule has 3 heteroatoms. The number of aryl methyl sites for hydroxylation is 1. The van der Waals surface area contributed by atoms with Gasteiger partial charge in [0.05, 0.1) is 0 Å². The first-order valence-electron chi connectivity index (χ1n) is 6.89. The molecular weight excluding hydrogens is 264 g/mol. The molecule has 0 amide bonds. The Morgan fingerprint density at radius 3 is 2.57 bits per heavy atom. The monoisotopic (exact) mass is 280 g/mol. The molecule has 106 valence electrons. The average Bonchev–Trinajstić information content (AvgIpc) is 2.47. The van der Waals surface area contributed by atoms with Crippen LogP contribution in [0.1, 0.15) is 24.2 Å². The molecule has 0 aliphatic heterocycles. The average molecular weight is 280 g/mol. The van der Waals surface area contributed by atoms with Crippen molar-refractivity contribution in [3.63, 3.8) is 0 Å². The minimum Gasteiger partial charge on any atom is -0.486 e. The van der Waals surface area contributed by atoms with Crippen LogP contribution in [0, 0.1) is 6.92 Å². The molecule has 3 nitrogen and oxygen atoms in total. The fourth-order valence-corrected chi connectivity index (χ4v) is 2.37. The molecule has 0 fully saturated rings. The Balaban J connectivity index is 1.93. The van der Waals surface area contributed by atoms with Crippen LogP contribution in [0.25, 0.3) is 11.0 Å². The summed E-state index contributed by atoms with van der Waals surface area (Å²) in [4.78, 5) is 11.5. The maximum atomic E-state index is 11.5. The zero-order valence-electron chi connectivity index (χ0n) is 12.0. The van der Waals surface area contributed by atoms with Gasteiger partial charge in [-0.25, -0.2) is 4.79 Å². The molecule has 0 aliphatic carbocycles. The van der Waals surface area contributed by atoms with Crippen molar-refractivity contribution in [2.24, 2.45) is 0 Å². The van der Waals surface area contributed by atoms with E-state index in [2.05, 4.69) is 0 Å². The molecule has 3 rings (SSSR count). The van der Waals surface area contributed by atoms with Crippen molar-refractivity contribution >= 4 is 11.0 Å². The van der Waals surface area contributed by atoms with Crippen LogP contribution < -0.4 is 10.4 Å². The van der Waals surface area contributed by atoms with Crippen molar-refractivity contribution in [1.82, 2.24) is 0 Å². The van der Waals surface area contributed by atoms with Crippen LogP contribution in [-0.2, 0) is 0 Å². The van der Waals surface area contributed by atoms with E-state index in [0.29, 0.717) is 11.3 Å². The summed E-state index contributed by atoms with van der Waals surface area (Å²) in [6, 6.07) is 17.1. The highest BCUT2D eigenvalue weighted by atomic mass is 16.5. The van der Waals surface area contributed by atoms with Crippen LogP contribution >= 0.6 is 0 Å². The molecule has 0 aliphatic rings. The molecule has 0 saturated carbocycles. The molecule has 3 aromatic rings. The smallest absolute Gasteiger partial charge is 0.336 e. The standard InChI is InChI=1S/C18H16O3/c1-12-10-18(19)21-17-11-15(8-9-16(12)17)20-13(2)14-6-4-3-5-7-14/h3-11,13H,1-2H3/t13-/m0/s1. The molecule has 0 saturated heterocycles. The van der Waals surface area contributed by atoms with Gasteiger partial charge in [-0.2, -0.15) is 0 Å². The number of hydrogen-bond donors (Lipinski definition) is 0. The van der Waals surface area contributed by atoms with Gasteiger partial charge in [0.1, 0.15) is 17.4 Å². The predicted octanol–water partition coefficient (Wildman–Crippen LogP) is 4.24. The number of hydrogen-bond acceptors (Lipinski definition) is 3. The number of fused-ring (bicyclic) bond motifs is 1. The van der Waals surface area contributed by atoms with Gasteiger partial charge in [-0.15, -0.1) is 0 Å². The zero-order valence-corrected chi connectivity index (χ0v) is 12.0. The van der Waals surface area contributed by atoms with Crippen LogP contribution in [-0.4, -0.2) is 0 Å². The van der Waals surface area contributed by atoms with Crippen LogP contribution in [0.4, 0.5) is 0 Å². The SMILES string of the molecule is Cc1cc(=O)oc2cc(O[C@@H](C)c3ccccc3)ccc12. The highest BCUT2D eigenvalue weighted by Gasteiger charge is 2.09. The van der Waals surface area contributed by atoms with E-state index >= 15 is 0 Å². The quantitative estimate of drug-likeness (QED) is 0.674. The summed E-state index contributed by atoms with van der Waals surface area (Å²) in [5, 5.41) is 0.925. The van der Waals surface area contributed by atoms with E-state index in [4.69, 9.17) is 9.15 Å². The van der Waals surface area contributed by atoms with Crippen LogP contribution in [0.3, 0.4) is 0 Å². The molecule has 1 aromatic heterocycles. The first kappa shape index (κ1) is 13.4. The predicted molar refractivity (Wildman–Crippen MR) is 82.7 cm³/mol. The van der Waals surface area contributed by atoms with E-state index in [0.717, 1.165) is 16.5 Å². The van der Waals surface area contributed by atoms with Gasteiger partial charge in [0, 0.05) is 17.5 Å². The Bertz CT molecular complexity index is 819. The van der Waals surface area contributed by atoms with Gasteiger partial charge in [0.15, 0.2) is 0 Å². The van der Waals surface area contributed by atoms with Crippen LogP contribution in [0.15, 0.2) is 63.8 Å². The van der Waals surface area contributed by atoms with E-state index in [1.165, 1.54) is 6.07 Å². The summed E-state index contributed by atoms with van der Waals surface area (Å²) < 4.78 is 11.2. The van der Waals surface area contributed by atoms with Crippen LogP contribution in [0.5, 0.6) is 5.75 Å². The molecule has 0 unspecified atom stereocenters. The summed E-state index contributed by atoms with van der Waals surface area (Å²) in [7, 11) is 0. The van der Waals surface area contributed by atoms with Crippen molar-refractivity contribution in [3.05, 3.63) is 76.1 Å². The van der Waals surface area contributed by atoms with Gasteiger partial charge in [0.2, 0.25) is 0 Å². The van der Waals surface area contributed by atoms with E-state index in [1.54, 1.807) is 6.07 Å². The lowest BCUT2D eigenvalue weighted by Crippen LogP contribution is -2.03.